The first-order chi connectivity index (χ1) is 9.85. The third kappa shape index (κ3) is 5.38. The van der Waals surface area contributed by atoms with Crippen molar-refractivity contribution in [2.45, 2.75) is 46.6 Å². The van der Waals surface area contributed by atoms with Crippen LogP contribution in [0.1, 0.15) is 44.7 Å². The molecule has 1 rings (SSSR count). The second-order valence-corrected chi connectivity index (χ2v) is 5.97. The summed E-state index contributed by atoms with van der Waals surface area (Å²) in [7, 11) is 0. The summed E-state index contributed by atoms with van der Waals surface area (Å²) in [5.74, 6) is 1.05. The lowest BCUT2D eigenvalue weighted by molar-refractivity contribution is -0.127. The molecule has 2 unspecified atom stereocenters. The van der Waals surface area contributed by atoms with Crippen LogP contribution in [0.15, 0.2) is 18.2 Å². The molecule has 0 heterocycles. The summed E-state index contributed by atoms with van der Waals surface area (Å²) in [6.45, 7) is 10.3. The average molecular weight is 293 g/mol. The van der Waals surface area contributed by atoms with Crippen molar-refractivity contribution in [1.29, 1.82) is 0 Å². The van der Waals surface area contributed by atoms with Gasteiger partial charge in [-0.25, -0.2) is 0 Å². The van der Waals surface area contributed by atoms with Crippen LogP contribution >= 0.6 is 0 Å². The Hall–Kier alpha value is -1.55. The molecule has 1 amide bonds. The van der Waals surface area contributed by atoms with E-state index >= 15 is 0 Å². The highest BCUT2D eigenvalue weighted by Gasteiger charge is 2.16. The number of aryl methyl sites for hydroxylation is 1. The Labute approximate surface area is 127 Å². The van der Waals surface area contributed by atoms with Gasteiger partial charge in [-0.05, 0) is 42.9 Å². The van der Waals surface area contributed by atoms with Crippen molar-refractivity contribution in [2.24, 2.45) is 5.92 Å². The maximum absolute atomic E-state index is 12.0. The van der Waals surface area contributed by atoms with Crippen LogP contribution in [-0.4, -0.2) is 30.3 Å². The summed E-state index contributed by atoms with van der Waals surface area (Å²) in [6, 6.07) is 6.10. The molecule has 1 aromatic rings. The SMILES string of the molecule is Cc1ccc(C(C)C)cc1OC(C)C(=O)NCC(C)CO. The lowest BCUT2D eigenvalue weighted by Gasteiger charge is -2.18. The number of carbonyl (C=O) groups is 1. The van der Waals surface area contributed by atoms with E-state index in [4.69, 9.17) is 9.84 Å². The Balaban J connectivity index is 2.67. The van der Waals surface area contributed by atoms with Crippen molar-refractivity contribution < 1.29 is 14.6 Å². The predicted octanol–water partition coefficient (Wildman–Crippen LogP) is 2.63. The molecule has 1 aromatic carbocycles. The lowest BCUT2D eigenvalue weighted by atomic mass is 10.0. The maximum atomic E-state index is 12.0. The third-order valence-electron chi connectivity index (χ3n) is 3.49. The highest BCUT2D eigenvalue weighted by molar-refractivity contribution is 5.80. The van der Waals surface area contributed by atoms with Gasteiger partial charge in [0, 0.05) is 13.2 Å². The number of aliphatic hydroxyl groups is 1. The standard InChI is InChI=1S/C17H27NO3/c1-11(2)15-7-6-13(4)16(8-15)21-14(5)17(20)18-9-12(3)10-19/h6-8,11-12,14,19H,9-10H2,1-5H3,(H,18,20). The molecule has 0 aromatic heterocycles. The molecule has 0 aliphatic carbocycles. The molecule has 2 N–H and O–H groups in total. The minimum absolute atomic E-state index is 0.0483. The van der Waals surface area contributed by atoms with Gasteiger partial charge in [-0.2, -0.15) is 0 Å². The van der Waals surface area contributed by atoms with E-state index < -0.39 is 6.10 Å². The van der Waals surface area contributed by atoms with Gasteiger partial charge in [-0.3, -0.25) is 4.79 Å². The van der Waals surface area contributed by atoms with Crippen LogP contribution < -0.4 is 10.1 Å². The van der Waals surface area contributed by atoms with Crippen LogP contribution in [0.5, 0.6) is 5.75 Å². The molecule has 2 atom stereocenters. The highest BCUT2D eigenvalue weighted by Crippen LogP contribution is 2.25. The second kappa shape index (κ2) is 8.03. The Morgan fingerprint density at radius 2 is 1.95 bits per heavy atom. The van der Waals surface area contributed by atoms with Crippen LogP contribution in [0.25, 0.3) is 0 Å². The first-order valence-electron chi connectivity index (χ1n) is 7.51. The Kier molecular flexibility index (Phi) is 6.69. The van der Waals surface area contributed by atoms with Crippen molar-refractivity contribution in [3.8, 4) is 5.75 Å². The minimum atomic E-state index is -0.558. The Morgan fingerprint density at radius 3 is 2.52 bits per heavy atom. The van der Waals surface area contributed by atoms with Gasteiger partial charge in [0.1, 0.15) is 5.75 Å². The van der Waals surface area contributed by atoms with Crippen molar-refractivity contribution in [3.63, 3.8) is 0 Å². The molecule has 4 heteroatoms. The monoisotopic (exact) mass is 293 g/mol. The minimum Gasteiger partial charge on any atom is -0.481 e. The van der Waals surface area contributed by atoms with Gasteiger partial charge in [0.05, 0.1) is 0 Å². The molecule has 4 nitrogen and oxygen atoms in total. The quantitative estimate of drug-likeness (QED) is 0.812. The molecular weight excluding hydrogens is 266 g/mol. The molecule has 0 radical (unpaired) electrons. The Bertz CT molecular complexity index is 471. The number of benzene rings is 1. The summed E-state index contributed by atoms with van der Waals surface area (Å²) < 4.78 is 5.79. The van der Waals surface area contributed by atoms with Gasteiger partial charge >= 0.3 is 0 Å². The number of hydrogen-bond acceptors (Lipinski definition) is 3. The predicted molar refractivity (Wildman–Crippen MR) is 84.6 cm³/mol. The lowest BCUT2D eigenvalue weighted by Crippen LogP contribution is -2.39. The van der Waals surface area contributed by atoms with Gasteiger partial charge in [0.15, 0.2) is 6.10 Å². The van der Waals surface area contributed by atoms with Gasteiger partial charge < -0.3 is 15.2 Å². The van der Waals surface area contributed by atoms with Crippen molar-refractivity contribution in [3.05, 3.63) is 29.3 Å². The molecule has 0 bridgehead atoms. The second-order valence-electron chi connectivity index (χ2n) is 5.97. The van der Waals surface area contributed by atoms with Crippen LogP contribution in [0.4, 0.5) is 0 Å². The van der Waals surface area contributed by atoms with E-state index in [1.807, 2.05) is 26.0 Å². The van der Waals surface area contributed by atoms with Crippen molar-refractivity contribution in [2.75, 3.05) is 13.2 Å². The number of ether oxygens (including phenoxy) is 1. The summed E-state index contributed by atoms with van der Waals surface area (Å²) >= 11 is 0. The number of rotatable bonds is 7. The molecule has 0 fully saturated rings. The maximum Gasteiger partial charge on any atom is 0.260 e. The molecule has 118 valence electrons. The van der Waals surface area contributed by atoms with E-state index in [2.05, 4.69) is 25.2 Å². The normalized spacial score (nSPS) is 13.9. The fourth-order valence-electron chi connectivity index (χ4n) is 1.83. The number of carbonyl (C=O) groups excluding carboxylic acids is 1. The van der Waals surface area contributed by atoms with Gasteiger partial charge in [-0.1, -0.05) is 32.9 Å². The summed E-state index contributed by atoms with van der Waals surface area (Å²) in [6.07, 6.45) is -0.558. The smallest absolute Gasteiger partial charge is 0.260 e. The Morgan fingerprint density at radius 1 is 1.29 bits per heavy atom. The van der Waals surface area contributed by atoms with E-state index in [1.165, 1.54) is 5.56 Å². The molecule has 0 aliphatic rings. The summed E-state index contributed by atoms with van der Waals surface area (Å²) in [5.41, 5.74) is 2.21. The molecular formula is C17H27NO3. The topological polar surface area (TPSA) is 58.6 Å². The molecule has 0 saturated heterocycles. The largest absolute Gasteiger partial charge is 0.481 e. The van der Waals surface area contributed by atoms with Gasteiger partial charge in [0.25, 0.3) is 5.91 Å². The zero-order valence-electron chi connectivity index (χ0n) is 13.6. The number of hydrogen-bond donors (Lipinski definition) is 2. The van der Waals surface area contributed by atoms with E-state index in [-0.39, 0.29) is 18.4 Å². The first kappa shape index (κ1) is 17.5. The van der Waals surface area contributed by atoms with Gasteiger partial charge in [-0.15, -0.1) is 0 Å². The van der Waals surface area contributed by atoms with E-state index in [0.717, 1.165) is 11.3 Å². The van der Waals surface area contributed by atoms with E-state index in [1.54, 1.807) is 6.92 Å². The third-order valence-corrected chi connectivity index (χ3v) is 3.49. The van der Waals surface area contributed by atoms with E-state index in [0.29, 0.717) is 12.5 Å². The molecule has 21 heavy (non-hydrogen) atoms. The van der Waals surface area contributed by atoms with Crippen LogP contribution in [0, 0.1) is 12.8 Å². The van der Waals surface area contributed by atoms with E-state index in [9.17, 15) is 4.79 Å². The molecule has 0 aliphatic heterocycles. The van der Waals surface area contributed by atoms with Crippen LogP contribution in [0.2, 0.25) is 0 Å². The number of nitrogens with one attached hydrogen (secondary N) is 1. The molecule has 0 spiro atoms. The number of aliphatic hydroxyl groups excluding tert-OH is 1. The zero-order chi connectivity index (χ0) is 16.0. The summed E-state index contributed by atoms with van der Waals surface area (Å²) in [4.78, 5) is 12.0. The average Bonchev–Trinajstić information content (AvgIpc) is 2.46. The zero-order valence-corrected chi connectivity index (χ0v) is 13.6. The first-order valence-corrected chi connectivity index (χ1v) is 7.51. The van der Waals surface area contributed by atoms with Crippen molar-refractivity contribution >= 4 is 5.91 Å². The van der Waals surface area contributed by atoms with Crippen molar-refractivity contribution in [1.82, 2.24) is 5.32 Å². The number of amides is 1. The van der Waals surface area contributed by atoms with Crippen LogP contribution in [-0.2, 0) is 4.79 Å². The molecule has 0 saturated carbocycles. The fraction of sp³-hybridized carbons (Fsp3) is 0.588. The van der Waals surface area contributed by atoms with Crippen LogP contribution in [0.3, 0.4) is 0 Å². The fourth-order valence-corrected chi connectivity index (χ4v) is 1.83. The highest BCUT2D eigenvalue weighted by atomic mass is 16.5. The summed E-state index contributed by atoms with van der Waals surface area (Å²) in [5, 5.41) is 11.7. The van der Waals surface area contributed by atoms with Gasteiger partial charge in [0.2, 0.25) is 0 Å².